The number of hydrogen-bond donors (Lipinski definition) is 1. The molecule has 2 rings (SSSR count). The molecule has 0 saturated heterocycles. The maximum Gasteiger partial charge on any atom is 0.122 e. The molecular formula is C16H28N2O. The Hall–Kier alpha value is -0.800. The van der Waals surface area contributed by atoms with E-state index in [2.05, 4.69) is 31.9 Å². The first-order chi connectivity index (χ1) is 9.15. The molecule has 0 aliphatic heterocycles. The number of rotatable bonds is 5. The Bertz CT molecular complexity index is 363. The molecule has 1 saturated carbocycles. The van der Waals surface area contributed by atoms with Crippen molar-refractivity contribution >= 4 is 0 Å². The van der Waals surface area contributed by atoms with Crippen molar-refractivity contribution in [2.75, 3.05) is 7.05 Å². The molecule has 4 atom stereocenters. The van der Waals surface area contributed by atoms with E-state index in [0.717, 1.165) is 18.1 Å². The van der Waals surface area contributed by atoms with Gasteiger partial charge in [-0.1, -0.05) is 26.7 Å². The third-order valence-electron chi connectivity index (χ3n) is 4.74. The normalized spacial score (nSPS) is 27.4. The summed E-state index contributed by atoms with van der Waals surface area (Å²) in [6, 6.07) is 4.98. The third kappa shape index (κ3) is 3.21. The number of furan rings is 1. The van der Waals surface area contributed by atoms with Crippen molar-refractivity contribution in [3.05, 3.63) is 24.2 Å². The fourth-order valence-corrected chi connectivity index (χ4v) is 3.50. The summed E-state index contributed by atoms with van der Waals surface area (Å²) in [5.41, 5.74) is 6.36. The summed E-state index contributed by atoms with van der Waals surface area (Å²) in [5, 5.41) is 0. The molecule has 1 fully saturated rings. The lowest BCUT2D eigenvalue weighted by Crippen LogP contribution is -2.47. The second-order valence-corrected chi connectivity index (χ2v) is 6.03. The monoisotopic (exact) mass is 264 g/mol. The zero-order valence-electron chi connectivity index (χ0n) is 12.5. The van der Waals surface area contributed by atoms with Crippen LogP contribution in [-0.2, 0) is 0 Å². The topological polar surface area (TPSA) is 42.4 Å². The molecule has 0 radical (unpaired) electrons. The van der Waals surface area contributed by atoms with Crippen LogP contribution in [0.1, 0.15) is 57.8 Å². The van der Waals surface area contributed by atoms with E-state index in [1.54, 1.807) is 6.26 Å². The summed E-state index contributed by atoms with van der Waals surface area (Å²) < 4.78 is 5.64. The van der Waals surface area contributed by atoms with Crippen LogP contribution in [0.15, 0.2) is 22.8 Å². The molecule has 1 aromatic rings. The molecule has 1 aliphatic rings. The number of likely N-dealkylation sites (N-methyl/N-ethyl adjacent to an activating group) is 1. The Morgan fingerprint density at radius 3 is 2.74 bits per heavy atom. The lowest BCUT2D eigenvalue weighted by Gasteiger charge is -2.41. The van der Waals surface area contributed by atoms with Crippen LogP contribution in [0, 0.1) is 5.92 Å². The van der Waals surface area contributed by atoms with Crippen molar-refractivity contribution in [3.8, 4) is 0 Å². The van der Waals surface area contributed by atoms with Crippen LogP contribution in [-0.4, -0.2) is 24.0 Å². The second kappa shape index (κ2) is 6.58. The van der Waals surface area contributed by atoms with Crippen molar-refractivity contribution in [1.82, 2.24) is 4.90 Å². The van der Waals surface area contributed by atoms with Gasteiger partial charge in [0.15, 0.2) is 0 Å². The average Bonchev–Trinajstić information content (AvgIpc) is 2.93. The van der Waals surface area contributed by atoms with Crippen LogP contribution < -0.4 is 5.73 Å². The van der Waals surface area contributed by atoms with Gasteiger partial charge in [0.05, 0.1) is 12.3 Å². The van der Waals surface area contributed by atoms with Crippen LogP contribution in [0.25, 0.3) is 0 Å². The van der Waals surface area contributed by atoms with E-state index in [4.69, 9.17) is 10.2 Å². The Morgan fingerprint density at radius 1 is 1.42 bits per heavy atom. The van der Waals surface area contributed by atoms with Gasteiger partial charge in [-0.05, 0) is 44.4 Å². The second-order valence-electron chi connectivity index (χ2n) is 6.03. The van der Waals surface area contributed by atoms with Gasteiger partial charge >= 0.3 is 0 Å². The number of nitrogens with two attached hydrogens (primary N) is 1. The molecule has 1 heterocycles. The highest BCUT2D eigenvalue weighted by atomic mass is 16.3. The average molecular weight is 264 g/mol. The van der Waals surface area contributed by atoms with Crippen molar-refractivity contribution in [2.24, 2.45) is 11.7 Å². The van der Waals surface area contributed by atoms with Gasteiger partial charge in [-0.15, -0.1) is 0 Å². The summed E-state index contributed by atoms with van der Waals surface area (Å²) >= 11 is 0. The van der Waals surface area contributed by atoms with Crippen LogP contribution in [0.3, 0.4) is 0 Å². The molecule has 4 unspecified atom stereocenters. The van der Waals surface area contributed by atoms with Gasteiger partial charge in [0.25, 0.3) is 0 Å². The molecular weight excluding hydrogens is 236 g/mol. The van der Waals surface area contributed by atoms with Crippen LogP contribution >= 0.6 is 0 Å². The zero-order chi connectivity index (χ0) is 13.8. The Morgan fingerprint density at radius 2 is 2.16 bits per heavy atom. The van der Waals surface area contributed by atoms with Crippen molar-refractivity contribution in [3.63, 3.8) is 0 Å². The van der Waals surface area contributed by atoms with E-state index in [0.29, 0.717) is 6.04 Å². The molecule has 108 valence electrons. The highest BCUT2D eigenvalue weighted by molar-refractivity contribution is 5.08. The minimum atomic E-state index is 0.130. The van der Waals surface area contributed by atoms with E-state index in [9.17, 15) is 0 Å². The van der Waals surface area contributed by atoms with Crippen LogP contribution in [0.4, 0.5) is 0 Å². The highest BCUT2D eigenvalue weighted by Gasteiger charge is 2.33. The van der Waals surface area contributed by atoms with E-state index in [-0.39, 0.29) is 12.1 Å². The quantitative estimate of drug-likeness (QED) is 0.884. The van der Waals surface area contributed by atoms with E-state index >= 15 is 0 Å². The maximum absolute atomic E-state index is 6.36. The van der Waals surface area contributed by atoms with Crippen LogP contribution in [0.2, 0.25) is 0 Å². The minimum Gasteiger partial charge on any atom is -0.468 e. The van der Waals surface area contributed by atoms with Gasteiger partial charge in [-0.3, -0.25) is 4.90 Å². The number of hydrogen-bond acceptors (Lipinski definition) is 3. The number of nitrogens with zero attached hydrogens (tertiary/aromatic N) is 1. The summed E-state index contributed by atoms with van der Waals surface area (Å²) in [6.45, 7) is 4.52. The first kappa shape index (κ1) is 14.6. The lowest BCUT2D eigenvalue weighted by molar-refractivity contribution is 0.0715. The van der Waals surface area contributed by atoms with Crippen molar-refractivity contribution < 1.29 is 4.42 Å². The molecule has 0 spiro atoms. The Kier molecular flexibility index (Phi) is 5.06. The van der Waals surface area contributed by atoms with Crippen LogP contribution in [0.5, 0.6) is 0 Å². The summed E-state index contributed by atoms with van der Waals surface area (Å²) in [7, 11) is 2.22. The molecule has 0 amide bonds. The molecule has 0 aromatic carbocycles. The minimum absolute atomic E-state index is 0.130. The first-order valence-corrected chi connectivity index (χ1v) is 7.66. The van der Waals surface area contributed by atoms with Gasteiger partial charge in [0, 0.05) is 12.1 Å². The molecule has 3 nitrogen and oxygen atoms in total. The fraction of sp³-hybridized carbons (Fsp3) is 0.750. The Labute approximate surface area is 117 Å². The summed E-state index contributed by atoms with van der Waals surface area (Å²) in [5.74, 6) is 1.76. The van der Waals surface area contributed by atoms with Gasteiger partial charge < -0.3 is 10.2 Å². The van der Waals surface area contributed by atoms with E-state index < -0.39 is 0 Å². The predicted molar refractivity (Wildman–Crippen MR) is 78.9 cm³/mol. The van der Waals surface area contributed by atoms with Gasteiger partial charge in [0.1, 0.15) is 5.76 Å². The molecule has 0 bridgehead atoms. The molecule has 2 N–H and O–H groups in total. The van der Waals surface area contributed by atoms with Crippen molar-refractivity contribution in [2.45, 2.75) is 64.1 Å². The Balaban J connectivity index is 2.17. The van der Waals surface area contributed by atoms with E-state index in [1.165, 1.54) is 25.7 Å². The van der Waals surface area contributed by atoms with E-state index in [1.807, 2.05) is 6.07 Å². The van der Waals surface area contributed by atoms with Gasteiger partial charge in [0.2, 0.25) is 0 Å². The van der Waals surface area contributed by atoms with Crippen molar-refractivity contribution in [1.29, 1.82) is 0 Å². The molecule has 19 heavy (non-hydrogen) atoms. The van der Waals surface area contributed by atoms with Gasteiger partial charge in [-0.25, -0.2) is 0 Å². The predicted octanol–water partition coefficient (Wildman–Crippen LogP) is 3.57. The molecule has 1 aliphatic carbocycles. The summed E-state index contributed by atoms with van der Waals surface area (Å²) in [4.78, 5) is 2.47. The maximum atomic E-state index is 6.36. The largest absolute Gasteiger partial charge is 0.468 e. The lowest BCUT2D eigenvalue weighted by atomic mass is 9.83. The smallest absolute Gasteiger partial charge is 0.122 e. The highest BCUT2D eigenvalue weighted by Crippen LogP contribution is 2.34. The molecule has 1 aromatic heterocycles. The SMILES string of the molecule is CCC(N)C(c1ccco1)N(C)C1CCCCC1C. The third-order valence-corrected chi connectivity index (χ3v) is 4.74. The molecule has 3 heteroatoms. The fourth-order valence-electron chi connectivity index (χ4n) is 3.50. The zero-order valence-corrected chi connectivity index (χ0v) is 12.5. The standard InChI is InChI=1S/C16H28N2O/c1-4-13(17)16(15-10-7-11-19-15)18(3)14-9-6-5-8-12(14)2/h7,10-14,16H,4-6,8-9,17H2,1-3H3. The first-order valence-electron chi connectivity index (χ1n) is 7.66. The summed E-state index contributed by atoms with van der Waals surface area (Å²) in [6.07, 6.45) is 8.05. The van der Waals surface area contributed by atoms with Gasteiger partial charge in [-0.2, -0.15) is 0 Å².